The van der Waals surface area contributed by atoms with E-state index in [9.17, 15) is 0 Å². The highest BCUT2D eigenvalue weighted by Gasteiger charge is 2.17. The normalized spacial score (nSPS) is 17.0. The van der Waals surface area contributed by atoms with Gasteiger partial charge in [0.05, 0.1) is 18.9 Å². The molecule has 2 aromatic rings. The Morgan fingerprint density at radius 3 is 2.83 bits per heavy atom. The maximum absolute atomic E-state index is 5.92. The SMILES string of the molecule is COc1ccc(NCc2c(C)noc2C)cc1OCC1CCCO1. The molecular formula is C18H24N2O4. The van der Waals surface area contributed by atoms with Crippen molar-refractivity contribution in [2.45, 2.75) is 39.3 Å². The topological polar surface area (TPSA) is 65.8 Å². The van der Waals surface area contributed by atoms with E-state index >= 15 is 0 Å². The lowest BCUT2D eigenvalue weighted by molar-refractivity contribution is 0.0670. The third-order valence-electron chi connectivity index (χ3n) is 4.26. The van der Waals surface area contributed by atoms with Crippen molar-refractivity contribution in [3.05, 3.63) is 35.2 Å². The number of nitrogens with one attached hydrogen (secondary N) is 1. The van der Waals surface area contributed by atoms with E-state index in [1.54, 1.807) is 7.11 Å². The quantitative estimate of drug-likeness (QED) is 0.837. The van der Waals surface area contributed by atoms with Gasteiger partial charge in [-0.3, -0.25) is 0 Å². The Kier molecular flexibility index (Phi) is 5.25. The van der Waals surface area contributed by atoms with Gasteiger partial charge in [-0.15, -0.1) is 0 Å². The number of hydrogen-bond acceptors (Lipinski definition) is 6. The second-order valence-corrected chi connectivity index (χ2v) is 5.97. The van der Waals surface area contributed by atoms with Crippen LogP contribution in [0.3, 0.4) is 0 Å². The Balaban J connectivity index is 1.66. The smallest absolute Gasteiger partial charge is 0.163 e. The third-order valence-corrected chi connectivity index (χ3v) is 4.26. The van der Waals surface area contributed by atoms with Crippen molar-refractivity contribution in [3.8, 4) is 11.5 Å². The van der Waals surface area contributed by atoms with Crippen LogP contribution in [0.2, 0.25) is 0 Å². The molecule has 2 heterocycles. The predicted molar refractivity (Wildman–Crippen MR) is 90.8 cm³/mol. The molecule has 1 N–H and O–H groups in total. The summed E-state index contributed by atoms with van der Waals surface area (Å²) in [5, 5.41) is 7.35. The lowest BCUT2D eigenvalue weighted by Crippen LogP contribution is -2.16. The van der Waals surface area contributed by atoms with Crippen molar-refractivity contribution < 1.29 is 18.7 Å². The first-order chi connectivity index (χ1) is 11.7. The van der Waals surface area contributed by atoms with Crippen LogP contribution in [0.1, 0.15) is 29.9 Å². The molecule has 1 fully saturated rings. The summed E-state index contributed by atoms with van der Waals surface area (Å²) in [5.74, 6) is 2.27. The molecule has 1 aliphatic heterocycles. The summed E-state index contributed by atoms with van der Waals surface area (Å²) < 4.78 is 22.1. The van der Waals surface area contributed by atoms with Crippen LogP contribution in [0, 0.1) is 13.8 Å². The fourth-order valence-electron chi connectivity index (χ4n) is 2.80. The monoisotopic (exact) mass is 332 g/mol. The molecule has 1 unspecified atom stereocenters. The average Bonchev–Trinajstić information content (AvgIpc) is 3.22. The maximum Gasteiger partial charge on any atom is 0.163 e. The second-order valence-electron chi connectivity index (χ2n) is 5.97. The summed E-state index contributed by atoms with van der Waals surface area (Å²) in [5.41, 5.74) is 2.94. The van der Waals surface area contributed by atoms with E-state index in [0.29, 0.717) is 13.2 Å². The number of aryl methyl sites for hydroxylation is 2. The zero-order valence-corrected chi connectivity index (χ0v) is 14.4. The molecule has 6 nitrogen and oxygen atoms in total. The zero-order chi connectivity index (χ0) is 16.9. The van der Waals surface area contributed by atoms with Gasteiger partial charge >= 0.3 is 0 Å². The molecule has 0 bridgehead atoms. The molecule has 1 aromatic heterocycles. The van der Waals surface area contributed by atoms with E-state index in [2.05, 4.69) is 10.5 Å². The Labute approximate surface area is 142 Å². The van der Waals surface area contributed by atoms with Gasteiger partial charge in [-0.05, 0) is 38.8 Å². The van der Waals surface area contributed by atoms with Gasteiger partial charge in [0.15, 0.2) is 11.5 Å². The first-order valence-electron chi connectivity index (χ1n) is 8.25. The number of anilines is 1. The molecule has 0 saturated carbocycles. The Bertz CT molecular complexity index is 658. The van der Waals surface area contributed by atoms with Crippen LogP contribution >= 0.6 is 0 Å². The van der Waals surface area contributed by atoms with Crippen molar-refractivity contribution in [3.63, 3.8) is 0 Å². The van der Waals surface area contributed by atoms with Gasteiger partial charge in [-0.1, -0.05) is 5.16 Å². The maximum atomic E-state index is 5.92. The van der Waals surface area contributed by atoms with E-state index < -0.39 is 0 Å². The summed E-state index contributed by atoms with van der Waals surface area (Å²) in [4.78, 5) is 0. The van der Waals surface area contributed by atoms with Crippen LogP contribution < -0.4 is 14.8 Å². The van der Waals surface area contributed by atoms with Gasteiger partial charge in [0, 0.05) is 30.5 Å². The number of hydrogen-bond donors (Lipinski definition) is 1. The van der Waals surface area contributed by atoms with Gasteiger partial charge in [-0.2, -0.15) is 0 Å². The molecule has 0 aliphatic carbocycles. The molecular weight excluding hydrogens is 308 g/mol. The molecule has 1 aliphatic rings. The summed E-state index contributed by atoms with van der Waals surface area (Å²) in [6.45, 7) is 5.88. The molecule has 0 amide bonds. The fourth-order valence-corrected chi connectivity index (χ4v) is 2.80. The van der Waals surface area contributed by atoms with Crippen molar-refractivity contribution in [1.29, 1.82) is 0 Å². The van der Waals surface area contributed by atoms with E-state index in [-0.39, 0.29) is 6.10 Å². The number of methoxy groups -OCH3 is 1. The van der Waals surface area contributed by atoms with Crippen molar-refractivity contribution in [1.82, 2.24) is 5.16 Å². The first kappa shape index (κ1) is 16.6. The standard InChI is InChI=1S/C18H24N2O4/c1-12-16(13(2)24-20-12)10-19-14-6-7-17(21-3)18(9-14)23-11-15-5-4-8-22-15/h6-7,9,15,19H,4-5,8,10-11H2,1-3H3. The average molecular weight is 332 g/mol. The Morgan fingerprint density at radius 1 is 1.29 bits per heavy atom. The summed E-state index contributed by atoms with van der Waals surface area (Å²) in [6.07, 6.45) is 2.32. The van der Waals surface area contributed by atoms with Gasteiger partial charge < -0.3 is 24.1 Å². The lowest BCUT2D eigenvalue weighted by atomic mass is 10.2. The highest BCUT2D eigenvalue weighted by Crippen LogP contribution is 2.31. The zero-order valence-electron chi connectivity index (χ0n) is 14.4. The third kappa shape index (κ3) is 3.82. The minimum atomic E-state index is 0.175. The largest absolute Gasteiger partial charge is 0.493 e. The molecule has 3 rings (SSSR count). The van der Waals surface area contributed by atoms with Crippen molar-refractivity contribution >= 4 is 5.69 Å². The second kappa shape index (κ2) is 7.57. The van der Waals surface area contributed by atoms with Crippen LogP contribution in [-0.2, 0) is 11.3 Å². The summed E-state index contributed by atoms with van der Waals surface area (Å²) in [7, 11) is 1.64. The molecule has 0 radical (unpaired) electrons. The number of ether oxygens (including phenoxy) is 3. The van der Waals surface area contributed by atoms with Crippen LogP contribution in [0.5, 0.6) is 11.5 Å². The van der Waals surface area contributed by atoms with Gasteiger partial charge in [0.1, 0.15) is 12.4 Å². The minimum Gasteiger partial charge on any atom is -0.493 e. The lowest BCUT2D eigenvalue weighted by Gasteiger charge is -2.15. The molecule has 1 saturated heterocycles. The minimum absolute atomic E-state index is 0.175. The van der Waals surface area contributed by atoms with Gasteiger partial charge in [0.25, 0.3) is 0 Å². The molecule has 130 valence electrons. The summed E-state index contributed by atoms with van der Waals surface area (Å²) in [6, 6.07) is 5.82. The van der Waals surface area contributed by atoms with Crippen molar-refractivity contribution in [2.75, 3.05) is 25.6 Å². The highest BCUT2D eigenvalue weighted by atomic mass is 16.5. The van der Waals surface area contributed by atoms with Crippen LogP contribution in [-0.4, -0.2) is 31.6 Å². The van der Waals surface area contributed by atoms with Crippen molar-refractivity contribution in [2.24, 2.45) is 0 Å². The molecule has 1 atom stereocenters. The Hall–Kier alpha value is -2.21. The first-order valence-corrected chi connectivity index (χ1v) is 8.25. The van der Waals surface area contributed by atoms with Crippen LogP contribution in [0.15, 0.2) is 22.7 Å². The number of rotatable bonds is 7. The van der Waals surface area contributed by atoms with E-state index in [1.807, 2.05) is 32.0 Å². The summed E-state index contributed by atoms with van der Waals surface area (Å²) >= 11 is 0. The molecule has 0 spiro atoms. The number of aromatic nitrogens is 1. The molecule has 24 heavy (non-hydrogen) atoms. The Morgan fingerprint density at radius 2 is 2.17 bits per heavy atom. The van der Waals surface area contributed by atoms with E-state index in [4.69, 9.17) is 18.7 Å². The number of nitrogens with zero attached hydrogens (tertiary/aromatic N) is 1. The molecule has 1 aromatic carbocycles. The van der Waals surface area contributed by atoms with Gasteiger partial charge in [-0.25, -0.2) is 0 Å². The number of benzene rings is 1. The van der Waals surface area contributed by atoms with Crippen LogP contribution in [0.25, 0.3) is 0 Å². The van der Waals surface area contributed by atoms with Crippen LogP contribution in [0.4, 0.5) is 5.69 Å². The predicted octanol–water partition coefficient (Wildman–Crippen LogP) is 3.47. The molecule has 6 heteroatoms. The van der Waals surface area contributed by atoms with E-state index in [1.165, 1.54) is 0 Å². The highest BCUT2D eigenvalue weighted by molar-refractivity contribution is 5.55. The fraction of sp³-hybridized carbons (Fsp3) is 0.500. The van der Waals surface area contributed by atoms with E-state index in [0.717, 1.165) is 53.7 Å². The van der Waals surface area contributed by atoms with Gasteiger partial charge in [0.2, 0.25) is 0 Å².